The largest absolute Gasteiger partial charge is 0.464 e. The fourth-order valence-corrected chi connectivity index (χ4v) is 3.21. The predicted molar refractivity (Wildman–Crippen MR) is 57.8 cm³/mol. The Morgan fingerprint density at radius 3 is 2.60 bits per heavy atom. The van der Waals surface area contributed by atoms with E-state index < -0.39 is 6.09 Å². The first kappa shape index (κ1) is 10.5. The van der Waals surface area contributed by atoms with Gasteiger partial charge in [-0.1, -0.05) is 20.8 Å². The first-order chi connectivity index (χ1) is 6.88. The quantitative estimate of drug-likeness (QED) is 0.653. The number of hydrazone groups is 1. The zero-order chi connectivity index (χ0) is 11.3. The van der Waals surface area contributed by atoms with E-state index in [2.05, 4.69) is 31.3 Å². The summed E-state index contributed by atoms with van der Waals surface area (Å²) in [6, 6.07) is 0. The maximum Gasteiger partial charge on any atom is 0.425 e. The van der Waals surface area contributed by atoms with E-state index in [1.54, 1.807) is 0 Å². The molecule has 4 nitrogen and oxygen atoms in total. The molecule has 15 heavy (non-hydrogen) atoms. The molecule has 84 valence electrons. The van der Waals surface area contributed by atoms with Gasteiger partial charge in [0.25, 0.3) is 0 Å². The van der Waals surface area contributed by atoms with Gasteiger partial charge in [0.2, 0.25) is 0 Å². The summed E-state index contributed by atoms with van der Waals surface area (Å²) in [4.78, 5) is 10.4. The van der Waals surface area contributed by atoms with Crippen LogP contribution in [0, 0.1) is 16.7 Å². The van der Waals surface area contributed by atoms with Crippen molar-refractivity contribution < 1.29 is 9.90 Å². The minimum atomic E-state index is -1.08. The maximum atomic E-state index is 10.4. The molecule has 0 aromatic heterocycles. The lowest BCUT2D eigenvalue weighted by atomic mass is 9.70. The molecule has 0 aliphatic heterocycles. The fraction of sp³-hybridized carbons (Fsp3) is 0.818. The third kappa shape index (κ3) is 1.27. The first-order valence-corrected chi connectivity index (χ1v) is 5.44. The first-order valence-electron chi connectivity index (χ1n) is 5.44. The Morgan fingerprint density at radius 1 is 1.53 bits per heavy atom. The molecule has 2 rings (SSSR count). The summed E-state index contributed by atoms with van der Waals surface area (Å²) in [5.74, 6) is 0.664. The van der Waals surface area contributed by atoms with Crippen LogP contribution in [0.2, 0.25) is 0 Å². The van der Waals surface area contributed by atoms with Gasteiger partial charge in [-0.3, -0.25) is 0 Å². The van der Waals surface area contributed by atoms with Gasteiger partial charge in [0, 0.05) is 11.1 Å². The average molecular weight is 210 g/mol. The lowest BCUT2D eigenvalue weighted by Gasteiger charge is -2.34. The van der Waals surface area contributed by atoms with Crippen LogP contribution in [-0.4, -0.2) is 16.9 Å². The molecule has 2 bridgehead atoms. The van der Waals surface area contributed by atoms with E-state index in [9.17, 15) is 4.79 Å². The van der Waals surface area contributed by atoms with Crippen LogP contribution in [0.3, 0.4) is 0 Å². The zero-order valence-corrected chi connectivity index (χ0v) is 9.50. The normalized spacial score (nSPS) is 39.7. The summed E-state index contributed by atoms with van der Waals surface area (Å²) in [7, 11) is 0. The third-order valence-corrected chi connectivity index (χ3v) is 4.80. The number of hydrogen-bond donors (Lipinski definition) is 2. The molecule has 2 atom stereocenters. The fourth-order valence-electron chi connectivity index (χ4n) is 3.21. The van der Waals surface area contributed by atoms with E-state index in [0.717, 1.165) is 18.6 Å². The van der Waals surface area contributed by atoms with E-state index in [4.69, 9.17) is 5.11 Å². The molecule has 0 saturated heterocycles. The molecule has 1 amide bonds. The number of fused-ring (bicyclic) bond motifs is 2. The Kier molecular flexibility index (Phi) is 2.07. The van der Waals surface area contributed by atoms with Crippen molar-refractivity contribution in [2.75, 3.05) is 0 Å². The molecule has 2 unspecified atom stereocenters. The monoisotopic (exact) mass is 210 g/mol. The summed E-state index contributed by atoms with van der Waals surface area (Å²) in [5, 5.41) is 12.6. The smallest absolute Gasteiger partial charge is 0.425 e. The van der Waals surface area contributed by atoms with Crippen molar-refractivity contribution in [1.29, 1.82) is 0 Å². The highest BCUT2D eigenvalue weighted by Gasteiger charge is 2.59. The van der Waals surface area contributed by atoms with Crippen molar-refractivity contribution in [1.82, 2.24) is 5.43 Å². The van der Waals surface area contributed by atoms with Gasteiger partial charge in [0.15, 0.2) is 0 Å². The highest BCUT2D eigenvalue weighted by Crippen LogP contribution is 2.63. The molecule has 2 aliphatic rings. The van der Waals surface area contributed by atoms with Gasteiger partial charge >= 0.3 is 6.09 Å². The Morgan fingerprint density at radius 2 is 2.20 bits per heavy atom. The molecule has 2 N–H and O–H groups in total. The molecular weight excluding hydrogens is 192 g/mol. The van der Waals surface area contributed by atoms with Crippen molar-refractivity contribution >= 4 is 11.8 Å². The van der Waals surface area contributed by atoms with Crippen LogP contribution in [0.25, 0.3) is 0 Å². The predicted octanol–water partition coefficient (Wildman–Crippen LogP) is 2.46. The van der Waals surface area contributed by atoms with E-state index >= 15 is 0 Å². The van der Waals surface area contributed by atoms with Crippen LogP contribution in [0.5, 0.6) is 0 Å². The van der Waals surface area contributed by atoms with Crippen LogP contribution in [0.4, 0.5) is 4.79 Å². The van der Waals surface area contributed by atoms with Crippen molar-refractivity contribution in [2.45, 2.75) is 40.0 Å². The van der Waals surface area contributed by atoms with Gasteiger partial charge in [0.05, 0.1) is 0 Å². The van der Waals surface area contributed by atoms with Gasteiger partial charge in [-0.2, -0.15) is 5.10 Å². The highest BCUT2D eigenvalue weighted by atomic mass is 16.4. The van der Waals surface area contributed by atoms with Gasteiger partial charge in [0.1, 0.15) is 0 Å². The summed E-state index contributed by atoms with van der Waals surface area (Å²) in [6.07, 6.45) is 2.25. The maximum absolute atomic E-state index is 10.4. The molecule has 0 spiro atoms. The van der Waals surface area contributed by atoms with E-state index in [-0.39, 0.29) is 10.8 Å². The number of rotatable bonds is 1. The number of carbonyl (C=O) groups is 1. The lowest BCUT2D eigenvalue weighted by molar-refractivity contribution is 0.190. The van der Waals surface area contributed by atoms with Crippen molar-refractivity contribution in [3.05, 3.63) is 0 Å². The Balaban J connectivity index is 2.26. The average Bonchev–Trinajstić information content (AvgIpc) is 2.46. The van der Waals surface area contributed by atoms with Crippen LogP contribution in [-0.2, 0) is 0 Å². The minimum Gasteiger partial charge on any atom is -0.464 e. The molecule has 0 radical (unpaired) electrons. The molecule has 0 heterocycles. The molecule has 4 heteroatoms. The molecule has 2 saturated carbocycles. The van der Waals surface area contributed by atoms with Crippen molar-refractivity contribution in [3.63, 3.8) is 0 Å². The zero-order valence-electron chi connectivity index (χ0n) is 9.50. The number of hydrogen-bond acceptors (Lipinski definition) is 2. The van der Waals surface area contributed by atoms with Crippen LogP contribution < -0.4 is 5.43 Å². The molecule has 0 aromatic carbocycles. The van der Waals surface area contributed by atoms with E-state index in [1.807, 2.05) is 0 Å². The van der Waals surface area contributed by atoms with Gasteiger partial charge in [-0.15, -0.1) is 0 Å². The molecule has 2 aliphatic carbocycles. The van der Waals surface area contributed by atoms with Gasteiger partial charge in [-0.25, -0.2) is 10.2 Å². The van der Waals surface area contributed by atoms with E-state index in [0.29, 0.717) is 5.92 Å². The molecule has 2 fully saturated rings. The topological polar surface area (TPSA) is 61.7 Å². The van der Waals surface area contributed by atoms with Crippen molar-refractivity contribution in [2.24, 2.45) is 21.8 Å². The van der Waals surface area contributed by atoms with Crippen LogP contribution in [0.1, 0.15) is 40.0 Å². The SMILES string of the molecule is CC12CCC(C/C1=N/NC(=O)O)C2(C)C. The van der Waals surface area contributed by atoms with Gasteiger partial charge in [-0.05, 0) is 30.6 Å². The second-order valence-corrected chi connectivity index (χ2v) is 5.47. The standard InChI is InChI=1S/C11H18N2O2/c1-10(2)7-4-5-11(10,3)8(6-7)12-13-9(14)15/h7,13H,4-6H2,1-3H3,(H,14,15)/b12-8-. The third-order valence-electron chi connectivity index (χ3n) is 4.80. The summed E-state index contributed by atoms with van der Waals surface area (Å²) in [5.41, 5.74) is 3.51. The number of carboxylic acid groups (broad SMARTS) is 1. The molecular formula is C11H18N2O2. The van der Waals surface area contributed by atoms with E-state index in [1.165, 1.54) is 6.42 Å². The highest BCUT2D eigenvalue weighted by molar-refractivity contribution is 5.94. The molecule has 0 aromatic rings. The number of nitrogens with one attached hydrogen (secondary N) is 1. The number of nitrogens with zero attached hydrogens (tertiary/aromatic N) is 1. The summed E-state index contributed by atoms with van der Waals surface area (Å²) in [6.45, 7) is 6.75. The van der Waals surface area contributed by atoms with Gasteiger partial charge < -0.3 is 5.11 Å². The second kappa shape index (κ2) is 2.97. The van der Waals surface area contributed by atoms with Crippen LogP contribution >= 0.6 is 0 Å². The Bertz CT molecular complexity index is 335. The lowest BCUT2D eigenvalue weighted by Crippen LogP contribution is -2.34. The minimum absolute atomic E-state index is 0.0834. The Labute approximate surface area is 89.7 Å². The summed E-state index contributed by atoms with van der Waals surface area (Å²) >= 11 is 0. The summed E-state index contributed by atoms with van der Waals surface area (Å²) < 4.78 is 0. The van der Waals surface area contributed by atoms with Crippen molar-refractivity contribution in [3.8, 4) is 0 Å². The number of amides is 1. The second-order valence-electron chi connectivity index (χ2n) is 5.47. The Hall–Kier alpha value is -1.06. The van der Waals surface area contributed by atoms with Crippen LogP contribution in [0.15, 0.2) is 5.10 Å².